The van der Waals surface area contributed by atoms with Gasteiger partial charge >= 0.3 is 0 Å². The van der Waals surface area contributed by atoms with Crippen LogP contribution in [0.1, 0.15) is 59.6 Å². The van der Waals surface area contributed by atoms with E-state index in [1.807, 2.05) is 0 Å². The molecule has 0 aliphatic heterocycles. The average molecular weight is 281 g/mol. The van der Waals surface area contributed by atoms with E-state index in [2.05, 4.69) is 49.6 Å². The summed E-state index contributed by atoms with van der Waals surface area (Å²) in [6.07, 6.45) is 4.72. The van der Waals surface area contributed by atoms with Gasteiger partial charge in [-0.2, -0.15) is 0 Å². The van der Waals surface area contributed by atoms with Crippen molar-refractivity contribution in [1.29, 1.82) is 0 Å². The lowest BCUT2D eigenvalue weighted by Crippen LogP contribution is -2.14. The van der Waals surface area contributed by atoms with Gasteiger partial charge in [0, 0.05) is 23.4 Å². The second-order valence-electron chi connectivity index (χ2n) is 5.89. The zero-order chi connectivity index (χ0) is 15.0. The molecule has 0 bridgehead atoms. The number of benzene rings is 1. The Labute approximate surface area is 126 Å². The summed E-state index contributed by atoms with van der Waals surface area (Å²) in [7, 11) is 0. The number of para-hydroxylation sites is 1. The summed E-state index contributed by atoms with van der Waals surface area (Å²) < 4.78 is 2.35. The van der Waals surface area contributed by atoms with Gasteiger partial charge in [0.05, 0.1) is 5.69 Å². The van der Waals surface area contributed by atoms with E-state index in [0.29, 0.717) is 12.2 Å². The summed E-state index contributed by atoms with van der Waals surface area (Å²) in [5, 5.41) is 0. The molecule has 0 saturated carbocycles. The summed E-state index contributed by atoms with van der Waals surface area (Å²) in [4.78, 5) is 12.2. The topological polar surface area (TPSA) is 22.0 Å². The monoisotopic (exact) mass is 281 g/mol. The van der Waals surface area contributed by atoms with Crippen LogP contribution < -0.4 is 0 Å². The molecule has 2 heteroatoms. The molecule has 1 aliphatic rings. The normalized spacial score (nSPS) is 14.3. The maximum atomic E-state index is 12.2. The van der Waals surface area contributed by atoms with Gasteiger partial charge in [-0.05, 0) is 49.8 Å². The third kappa shape index (κ3) is 2.23. The van der Waals surface area contributed by atoms with E-state index in [-0.39, 0.29) is 0 Å². The van der Waals surface area contributed by atoms with Gasteiger partial charge in [0.2, 0.25) is 0 Å². The average Bonchev–Trinajstić information content (AvgIpc) is 2.83. The number of fused-ring (bicyclic) bond motifs is 1. The summed E-state index contributed by atoms with van der Waals surface area (Å²) in [5.41, 5.74) is 7.41. The van der Waals surface area contributed by atoms with Gasteiger partial charge in [0.25, 0.3) is 0 Å². The van der Waals surface area contributed by atoms with Gasteiger partial charge in [-0.25, -0.2) is 0 Å². The number of carbonyl (C=O) groups excluding carboxylic acids is 1. The minimum absolute atomic E-state index is 0.310. The van der Waals surface area contributed by atoms with Crippen LogP contribution in [0.25, 0.3) is 5.69 Å². The Morgan fingerprint density at radius 3 is 2.38 bits per heavy atom. The minimum atomic E-state index is 0.310. The van der Waals surface area contributed by atoms with Crippen LogP contribution in [0, 0.1) is 6.92 Å². The van der Waals surface area contributed by atoms with Crippen LogP contribution in [-0.2, 0) is 19.3 Å². The van der Waals surface area contributed by atoms with Crippen LogP contribution in [0.15, 0.2) is 24.3 Å². The van der Waals surface area contributed by atoms with Crippen molar-refractivity contribution in [1.82, 2.24) is 4.57 Å². The number of carbonyl (C=O) groups is 1. The fraction of sp³-hybridized carbons (Fsp3) is 0.421. The van der Waals surface area contributed by atoms with E-state index in [0.717, 1.165) is 31.2 Å². The van der Waals surface area contributed by atoms with E-state index < -0.39 is 0 Å². The van der Waals surface area contributed by atoms with E-state index in [4.69, 9.17) is 0 Å². The van der Waals surface area contributed by atoms with Gasteiger partial charge in [-0.15, -0.1) is 0 Å². The van der Waals surface area contributed by atoms with Gasteiger partial charge in [0.15, 0.2) is 5.78 Å². The predicted octanol–water partition coefficient (Wildman–Crippen LogP) is 4.43. The van der Waals surface area contributed by atoms with Gasteiger partial charge < -0.3 is 4.57 Å². The summed E-state index contributed by atoms with van der Waals surface area (Å²) in [6, 6.07) is 8.66. The molecule has 1 aliphatic carbocycles. The maximum absolute atomic E-state index is 12.2. The molecule has 0 unspecified atom stereocenters. The highest BCUT2D eigenvalue weighted by atomic mass is 16.1. The standard InChI is InChI=1S/C19H23NO/c1-4-14-8-6-9-15(5-2)19(14)20-13(3)12-16-17(20)10-7-11-18(16)21/h6,8-9,12H,4-5,7,10-11H2,1-3H3. The van der Waals surface area contributed by atoms with Crippen molar-refractivity contribution in [3.63, 3.8) is 0 Å². The number of aryl methyl sites for hydroxylation is 3. The van der Waals surface area contributed by atoms with E-state index in [1.165, 1.54) is 28.2 Å². The Balaban J connectivity index is 2.29. The second-order valence-corrected chi connectivity index (χ2v) is 5.89. The number of hydrogen-bond donors (Lipinski definition) is 0. The molecular weight excluding hydrogens is 258 g/mol. The largest absolute Gasteiger partial charge is 0.317 e. The lowest BCUT2D eigenvalue weighted by molar-refractivity contribution is 0.0972. The molecule has 0 N–H and O–H groups in total. The van der Waals surface area contributed by atoms with Gasteiger partial charge in [-0.1, -0.05) is 32.0 Å². The van der Waals surface area contributed by atoms with Gasteiger partial charge in [-0.3, -0.25) is 4.79 Å². The second kappa shape index (κ2) is 5.51. The Kier molecular flexibility index (Phi) is 3.71. The molecule has 1 aromatic carbocycles. The minimum Gasteiger partial charge on any atom is -0.317 e. The summed E-state index contributed by atoms with van der Waals surface area (Å²) in [5.74, 6) is 0.310. The van der Waals surface area contributed by atoms with Crippen molar-refractivity contribution in [3.05, 3.63) is 52.3 Å². The Bertz CT molecular complexity index is 672. The van der Waals surface area contributed by atoms with E-state index in [9.17, 15) is 4.79 Å². The summed E-state index contributed by atoms with van der Waals surface area (Å²) in [6.45, 7) is 6.53. The van der Waals surface area contributed by atoms with E-state index in [1.54, 1.807) is 0 Å². The van der Waals surface area contributed by atoms with Gasteiger partial charge in [0.1, 0.15) is 0 Å². The quantitative estimate of drug-likeness (QED) is 0.815. The number of aromatic nitrogens is 1. The molecule has 0 radical (unpaired) electrons. The molecule has 0 fully saturated rings. The first-order valence-corrected chi connectivity index (χ1v) is 8.02. The van der Waals surface area contributed by atoms with Crippen LogP contribution >= 0.6 is 0 Å². The van der Waals surface area contributed by atoms with Crippen LogP contribution in [0.4, 0.5) is 0 Å². The van der Waals surface area contributed by atoms with Crippen molar-refractivity contribution in [2.45, 2.75) is 52.9 Å². The van der Waals surface area contributed by atoms with Crippen molar-refractivity contribution < 1.29 is 4.79 Å². The van der Waals surface area contributed by atoms with E-state index >= 15 is 0 Å². The fourth-order valence-electron chi connectivity index (χ4n) is 3.54. The zero-order valence-electron chi connectivity index (χ0n) is 13.2. The van der Waals surface area contributed by atoms with Crippen molar-refractivity contribution in [2.75, 3.05) is 0 Å². The molecule has 1 aromatic heterocycles. The molecule has 2 nitrogen and oxygen atoms in total. The molecule has 110 valence electrons. The van der Waals surface area contributed by atoms with Crippen molar-refractivity contribution in [3.8, 4) is 5.69 Å². The Morgan fingerprint density at radius 2 is 1.76 bits per heavy atom. The highest BCUT2D eigenvalue weighted by Gasteiger charge is 2.24. The number of ketones is 1. The van der Waals surface area contributed by atoms with Crippen LogP contribution in [-0.4, -0.2) is 10.4 Å². The molecule has 0 amide bonds. The molecule has 3 rings (SSSR count). The zero-order valence-corrected chi connectivity index (χ0v) is 13.2. The molecular formula is C19H23NO. The number of nitrogens with zero attached hydrogens (tertiary/aromatic N) is 1. The van der Waals surface area contributed by atoms with Crippen LogP contribution in [0.5, 0.6) is 0 Å². The summed E-state index contributed by atoms with van der Waals surface area (Å²) >= 11 is 0. The molecule has 21 heavy (non-hydrogen) atoms. The first-order valence-electron chi connectivity index (χ1n) is 8.02. The number of rotatable bonds is 3. The third-order valence-electron chi connectivity index (χ3n) is 4.59. The fourth-order valence-corrected chi connectivity index (χ4v) is 3.54. The maximum Gasteiger partial charge on any atom is 0.164 e. The first kappa shape index (κ1) is 14.1. The third-order valence-corrected chi connectivity index (χ3v) is 4.59. The highest BCUT2D eigenvalue weighted by molar-refractivity contribution is 5.98. The van der Waals surface area contributed by atoms with Crippen molar-refractivity contribution >= 4 is 5.78 Å². The van der Waals surface area contributed by atoms with Crippen molar-refractivity contribution in [2.24, 2.45) is 0 Å². The highest BCUT2D eigenvalue weighted by Crippen LogP contribution is 2.31. The van der Waals surface area contributed by atoms with Crippen LogP contribution in [0.2, 0.25) is 0 Å². The molecule has 1 heterocycles. The lowest BCUT2D eigenvalue weighted by atomic mass is 9.96. The Hall–Kier alpha value is -1.83. The lowest BCUT2D eigenvalue weighted by Gasteiger charge is -2.21. The Morgan fingerprint density at radius 1 is 1.10 bits per heavy atom. The number of Topliss-reactive ketones (excluding diaryl/α,β-unsaturated/α-hetero) is 1. The molecule has 0 atom stereocenters. The SMILES string of the molecule is CCc1cccc(CC)c1-n1c(C)cc2c1CCCC2=O. The predicted molar refractivity (Wildman–Crippen MR) is 86.5 cm³/mol. The molecule has 2 aromatic rings. The molecule has 0 spiro atoms. The molecule has 0 saturated heterocycles. The first-order chi connectivity index (χ1) is 10.2. The smallest absolute Gasteiger partial charge is 0.164 e. The number of hydrogen-bond acceptors (Lipinski definition) is 1. The van der Waals surface area contributed by atoms with Crippen LogP contribution in [0.3, 0.4) is 0 Å².